The number of carbonyl (C=O) groups is 1. The van der Waals surface area contributed by atoms with E-state index < -0.39 is 6.03 Å². The molecule has 0 aromatic heterocycles. The summed E-state index contributed by atoms with van der Waals surface area (Å²) >= 11 is 0. The Bertz CT molecular complexity index is 418. The van der Waals surface area contributed by atoms with Crippen molar-refractivity contribution in [2.24, 2.45) is 5.84 Å². The number of nitrogens with one attached hydrogen (secondary N) is 1. The Labute approximate surface area is 93.2 Å². The van der Waals surface area contributed by atoms with Gasteiger partial charge in [0.1, 0.15) is 5.82 Å². The van der Waals surface area contributed by atoms with Crippen LogP contribution in [-0.2, 0) is 0 Å². The Balaban J connectivity index is 2.35. The van der Waals surface area contributed by atoms with Gasteiger partial charge in [0, 0.05) is 7.05 Å². The monoisotopic (exact) mass is 223 g/mol. The third-order valence-corrected chi connectivity index (χ3v) is 2.70. The van der Waals surface area contributed by atoms with Gasteiger partial charge in [0.2, 0.25) is 0 Å². The molecule has 0 bridgehead atoms. The number of amides is 2. The fourth-order valence-corrected chi connectivity index (χ4v) is 1.70. The number of nitrogens with zero attached hydrogens (tertiary/aromatic N) is 1. The molecule has 4 nitrogen and oxygen atoms in total. The van der Waals surface area contributed by atoms with Crippen LogP contribution in [0, 0.1) is 5.82 Å². The lowest BCUT2D eigenvalue weighted by Crippen LogP contribution is -2.43. The molecule has 3 N–H and O–H groups in total. The number of urea groups is 1. The number of nitrogens with two attached hydrogens (primary N) is 1. The Morgan fingerprint density at radius 2 is 2.25 bits per heavy atom. The molecular weight excluding hydrogens is 209 g/mol. The highest BCUT2D eigenvalue weighted by molar-refractivity contribution is 5.91. The molecule has 0 aliphatic heterocycles. The number of halogens is 1. The van der Waals surface area contributed by atoms with Crippen LogP contribution >= 0.6 is 0 Å². The Kier molecular flexibility index (Phi) is 2.78. The van der Waals surface area contributed by atoms with E-state index in [1.165, 1.54) is 25.2 Å². The second kappa shape index (κ2) is 4.09. The highest BCUT2D eigenvalue weighted by Gasteiger charge is 2.28. The lowest BCUT2D eigenvalue weighted by molar-refractivity contribution is 0.248. The van der Waals surface area contributed by atoms with Gasteiger partial charge in [-0.25, -0.2) is 20.0 Å². The van der Waals surface area contributed by atoms with E-state index in [-0.39, 0.29) is 5.82 Å². The van der Waals surface area contributed by atoms with Gasteiger partial charge in [-0.15, -0.1) is 0 Å². The lowest BCUT2D eigenvalue weighted by atomic mass is 10.1. The molecular formula is C11H14FN3O. The van der Waals surface area contributed by atoms with Crippen LogP contribution in [0.1, 0.15) is 24.3 Å². The summed E-state index contributed by atoms with van der Waals surface area (Å²) in [5.74, 6) is 5.70. The average molecular weight is 223 g/mol. The zero-order valence-corrected chi connectivity index (χ0v) is 9.03. The zero-order valence-electron chi connectivity index (χ0n) is 9.03. The first kappa shape index (κ1) is 10.9. The second-order valence-electron chi connectivity index (χ2n) is 3.90. The predicted molar refractivity (Wildman–Crippen MR) is 59.5 cm³/mol. The molecule has 0 saturated heterocycles. The smallest absolute Gasteiger partial charge is 0.336 e. The van der Waals surface area contributed by atoms with Crippen molar-refractivity contribution in [1.82, 2.24) is 5.32 Å². The van der Waals surface area contributed by atoms with Crippen LogP contribution in [0.4, 0.5) is 14.9 Å². The Morgan fingerprint density at radius 1 is 1.56 bits per heavy atom. The van der Waals surface area contributed by atoms with Crippen LogP contribution in [0.15, 0.2) is 18.2 Å². The standard InChI is InChI=1S/C11H14FN3O/c1-14-11(16)15(13)10-5-4-8(12)6-9(10)7-2-3-7/h4-7H,2-3,13H2,1H3,(H,14,16). The van der Waals surface area contributed by atoms with Gasteiger partial charge in [0.05, 0.1) is 5.69 Å². The van der Waals surface area contributed by atoms with Crippen molar-refractivity contribution in [3.05, 3.63) is 29.6 Å². The summed E-state index contributed by atoms with van der Waals surface area (Å²) in [4.78, 5) is 11.4. The van der Waals surface area contributed by atoms with Crippen LogP contribution in [0.2, 0.25) is 0 Å². The van der Waals surface area contributed by atoms with Gasteiger partial charge in [-0.3, -0.25) is 0 Å². The van der Waals surface area contributed by atoms with Gasteiger partial charge in [-0.2, -0.15) is 0 Å². The first-order valence-electron chi connectivity index (χ1n) is 5.19. The van der Waals surface area contributed by atoms with E-state index in [2.05, 4.69) is 5.32 Å². The van der Waals surface area contributed by atoms with Gasteiger partial charge in [0.15, 0.2) is 0 Å². The molecule has 1 saturated carbocycles. The zero-order chi connectivity index (χ0) is 11.7. The number of rotatable bonds is 2. The molecule has 0 radical (unpaired) electrons. The molecule has 0 heterocycles. The van der Waals surface area contributed by atoms with Gasteiger partial charge >= 0.3 is 6.03 Å². The average Bonchev–Trinajstić information content (AvgIpc) is 3.10. The van der Waals surface area contributed by atoms with Crippen LogP contribution < -0.4 is 16.2 Å². The topological polar surface area (TPSA) is 58.4 Å². The molecule has 0 spiro atoms. The maximum atomic E-state index is 13.1. The maximum Gasteiger partial charge on any atom is 0.336 e. The largest absolute Gasteiger partial charge is 0.340 e. The van der Waals surface area contributed by atoms with Crippen LogP contribution in [0.5, 0.6) is 0 Å². The third-order valence-electron chi connectivity index (χ3n) is 2.70. The quantitative estimate of drug-likeness (QED) is 0.455. The second-order valence-corrected chi connectivity index (χ2v) is 3.90. The fraction of sp³-hybridized carbons (Fsp3) is 0.364. The number of carbonyl (C=O) groups excluding carboxylic acids is 1. The summed E-state index contributed by atoms with van der Waals surface area (Å²) in [7, 11) is 1.50. The number of benzene rings is 1. The van der Waals surface area contributed by atoms with E-state index in [9.17, 15) is 9.18 Å². The first-order valence-corrected chi connectivity index (χ1v) is 5.19. The molecule has 1 fully saturated rings. The Morgan fingerprint density at radius 3 is 2.81 bits per heavy atom. The molecule has 2 amide bonds. The summed E-state index contributed by atoms with van der Waals surface area (Å²) in [6, 6.07) is 3.89. The van der Waals surface area contributed by atoms with Crippen LogP contribution in [0.3, 0.4) is 0 Å². The maximum absolute atomic E-state index is 13.1. The Hall–Kier alpha value is -1.62. The minimum Gasteiger partial charge on any atom is -0.340 e. The molecule has 1 aromatic carbocycles. The first-order chi connectivity index (χ1) is 7.63. The molecule has 5 heteroatoms. The molecule has 1 aliphatic carbocycles. The van der Waals surface area contributed by atoms with Crippen molar-refractivity contribution in [2.75, 3.05) is 12.1 Å². The van der Waals surface area contributed by atoms with Crippen molar-refractivity contribution in [3.63, 3.8) is 0 Å². The molecule has 16 heavy (non-hydrogen) atoms. The van der Waals surface area contributed by atoms with E-state index in [4.69, 9.17) is 5.84 Å². The summed E-state index contributed by atoms with van der Waals surface area (Å²) in [6.45, 7) is 0. The minimum atomic E-state index is -0.409. The van der Waals surface area contributed by atoms with Crippen molar-refractivity contribution in [3.8, 4) is 0 Å². The van der Waals surface area contributed by atoms with Gasteiger partial charge in [-0.05, 0) is 42.5 Å². The SMILES string of the molecule is CNC(=O)N(N)c1ccc(F)cc1C1CC1. The number of hydrazine groups is 1. The fourth-order valence-electron chi connectivity index (χ4n) is 1.70. The normalized spacial score (nSPS) is 14.7. The lowest BCUT2D eigenvalue weighted by Gasteiger charge is -2.19. The molecule has 1 aliphatic rings. The van der Waals surface area contributed by atoms with E-state index in [0.717, 1.165) is 23.4 Å². The van der Waals surface area contributed by atoms with Gasteiger partial charge in [-0.1, -0.05) is 0 Å². The van der Waals surface area contributed by atoms with Crippen molar-refractivity contribution in [1.29, 1.82) is 0 Å². The number of hydrogen-bond acceptors (Lipinski definition) is 2. The van der Waals surface area contributed by atoms with Crippen molar-refractivity contribution in [2.45, 2.75) is 18.8 Å². The molecule has 1 aromatic rings. The molecule has 2 rings (SSSR count). The number of anilines is 1. The van der Waals surface area contributed by atoms with E-state index in [0.29, 0.717) is 11.6 Å². The minimum absolute atomic E-state index is 0.295. The van der Waals surface area contributed by atoms with E-state index >= 15 is 0 Å². The highest BCUT2D eigenvalue weighted by atomic mass is 19.1. The van der Waals surface area contributed by atoms with E-state index in [1.807, 2.05) is 0 Å². The van der Waals surface area contributed by atoms with Crippen LogP contribution in [0.25, 0.3) is 0 Å². The van der Waals surface area contributed by atoms with Crippen LogP contribution in [-0.4, -0.2) is 13.1 Å². The van der Waals surface area contributed by atoms with Gasteiger partial charge in [0.25, 0.3) is 0 Å². The van der Waals surface area contributed by atoms with E-state index in [1.54, 1.807) is 0 Å². The molecule has 0 atom stereocenters. The molecule has 86 valence electrons. The summed E-state index contributed by atoms with van der Waals surface area (Å²) < 4.78 is 13.1. The summed E-state index contributed by atoms with van der Waals surface area (Å²) in [5, 5.41) is 3.45. The van der Waals surface area contributed by atoms with Gasteiger partial charge < -0.3 is 5.32 Å². The third kappa shape index (κ3) is 1.99. The summed E-state index contributed by atoms with van der Waals surface area (Å²) in [6.07, 6.45) is 2.05. The number of hydrogen-bond donors (Lipinski definition) is 2. The van der Waals surface area contributed by atoms with Crippen molar-refractivity contribution < 1.29 is 9.18 Å². The predicted octanol–water partition coefficient (Wildman–Crippen LogP) is 1.72. The molecule has 0 unspecified atom stereocenters. The highest BCUT2D eigenvalue weighted by Crippen LogP contribution is 2.44. The summed E-state index contributed by atoms with van der Waals surface area (Å²) in [5.41, 5.74) is 1.38. The van der Waals surface area contributed by atoms with Crippen molar-refractivity contribution >= 4 is 11.7 Å².